The van der Waals surface area contributed by atoms with Crippen molar-refractivity contribution in [3.05, 3.63) is 58.1 Å². The van der Waals surface area contributed by atoms with Crippen LogP contribution in [0.1, 0.15) is 26.3 Å². The summed E-state index contributed by atoms with van der Waals surface area (Å²) in [4.78, 5) is 23.0. The lowest BCUT2D eigenvalue weighted by Gasteiger charge is -2.08. The number of carbonyl (C=O) groups is 2. The Morgan fingerprint density at radius 3 is 2.48 bits per heavy atom. The highest BCUT2D eigenvalue weighted by molar-refractivity contribution is 6.33. The van der Waals surface area contributed by atoms with E-state index in [4.69, 9.17) is 22.4 Å². The number of nitrogens with one attached hydrogen (secondary N) is 1. The number of rotatable bonds is 3. The Kier molecular flexibility index (Phi) is 4.14. The summed E-state index contributed by atoms with van der Waals surface area (Å²) < 4.78 is 0. The Morgan fingerprint density at radius 1 is 1.19 bits per heavy atom. The van der Waals surface area contributed by atoms with Gasteiger partial charge in [-0.1, -0.05) is 11.6 Å². The predicted octanol–water partition coefficient (Wildman–Crippen LogP) is 3.18. The van der Waals surface area contributed by atoms with Crippen LogP contribution in [0.25, 0.3) is 0 Å². The monoisotopic (exact) mass is 304 g/mol. The lowest BCUT2D eigenvalue weighted by atomic mass is 10.1. The van der Waals surface area contributed by atoms with E-state index in [9.17, 15) is 9.59 Å². The third-order valence-electron chi connectivity index (χ3n) is 2.98. The van der Waals surface area contributed by atoms with Crippen molar-refractivity contribution in [2.45, 2.75) is 6.92 Å². The fourth-order valence-corrected chi connectivity index (χ4v) is 2.03. The van der Waals surface area contributed by atoms with Crippen LogP contribution in [0.3, 0.4) is 0 Å². The number of amides is 1. The zero-order valence-electron chi connectivity index (χ0n) is 11.2. The van der Waals surface area contributed by atoms with Gasteiger partial charge in [0.1, 0.15) is 0 Å². The number of nitrogens with two attached hydrogens (primary N) is 1. The molecular formula is C15H13ClN2O3. The first-order valence-electron chi connectivity index (χ1n) is 6.09. The first-order chi connectivity index (χ1) is 9.88. The maximum atomic E-state index is 12.1. The molecule has 0 radical (unpaired) electrons. The molecule has 2 aromatic rings. The summed E-state index contributed by atoms with van der Waals surface area (Å²) in [6.45, 7) is 1.67. The maximum absolute atomic E-state index is 12.1. The van der Waals surface area contributed by atoms with Crippen LogP contribution in [0.4, 0.5) is 11.4 Å². The van der Waals surface area contributed by atoms with Crippen molar-refractivity contribution in [1.82, 2.24) is 0 Å². The van der Waals surface area contributed by atoms with E-state index in [0.717, 1.165) is 0 Å². The van der Waals surface area contributed by atoms with Crippen molar-refractivity contribution in [3.63, 3.8) is 0 Å². The van der Waals surface area contributed by atoms with Crippen molar-refractivity contribution < 1.29 is 14.7 Å². The van der Waals surface area contributed by atoms with Gasteiger partial charge < -0.3 is 16.2 Å². The zero-order chi connectivity index (χ0) is 15.6. The molecule has 1 amide bonds. The molecule has 0 aliphatic heterocycles. The molecule has 108 valence electrons. The van der Waals surface area contributed by atoms with Crippen molar-refractivity contribution in [2.75, 3.05) is 11.1 Å². The molecule has 0 aliphatic carbocycles. The van der Waals surface area contributed by atoms with E-state index in [-0.39, 0.29) is 11.5 Å². The smallest absolute Gasteiger partial charge is 0.335 e. The molecule has 0 spiro atoms. The summed E-state index contributed by atoms with van der Waals surface area (Å²) in [5.74, 6) is -1.35. The van der Waals surface area contributed by atoms with Gasteiger partial charge >= 0.3 is 5.97 Å². The summed E-state index contributed by atoms with van der Waals surface area (Å²) in [7, 11) is 0. The van der Waals surface area contributed by atoms with Crippen LogP contribution < -0.4 is 11.1 Å². The average Bonchev–Trinajstić information content (AvgIpc) is 2.41. The number of carboxylic acid groups (broad SMARTS) is 1. The number of aromatic carboxylic acids is 1. The Hall–Kier alpha value is -2.53. The first-order valence-corrected chi connectivity index (χ1v) is 6.46. The molecule has 0 fully saturated rings. The van der Waals surface area contributed by atoms with Gasteiger partial charge in [-0.05, 0) is 48.9 Å². The standard InChI is InChI=1S/C15H13ClN2O3/c1-8-6-10(3-4-11(8)15(20)21)18-14(19)9-2-5-13(17)12(16)7-9/h2-7H,17H2,1H3,(H,18,19)(H,20,21). The molecule has 0 heterocycles. The summed E-state index contributed by atoms with van der Waals surface area (Å²) in [5.41, 5.74) is 7.63. The van der Waals surface area contributed by atoms with Gasteiger partial charge in [0.25, 0.3) is 5.91 Å². The third-order valence-corrected chi connectivity index (χ3v) is 3.30. The van der Waals surface area contributed by atoms with Crippen LogP contribution in [0.2, 0.25) is 5.02 Å². The van der Waals surface area contributed by atoms with Crippen LogP contribution in [0, 0.1) is 6.92 Å². The third kappa shape index (κ3) is 3.32. The van der Waals surface area contributed by atoms with E-state index in [2.05, 4.69) is 5.32 Å². The van der Waals surface area contributed by atoms with Gasteiger partial charge in [-0.3, -0.25) is 4.79 Å². The van der Waals surface area contributed by atoms with E-state index < -0.39 is 5.97 Å². The summed E-state index contributed by atoms with van der Waals surface area (Å²) in [6.07, 6.45) is 0. The van der Waals surface area contributed by atoms with E-state index in [1.165, 1.54) is 18.2 Å². The maximum Gasteiger partial charge on any atom is 0.335 e. The fourth-order valence-electron chi connectivity index (χ4n) is 1.85. The van der Waals surface area contributed by atoms with E-state index in [0.29, 0.717) is 27.5 Å². The van der Waals surface area contributed by atoms with Crippen molar-refractivity contribution in [2.24, 2.45) is 0 Å². The number of hydrogen-bond acceptors (Lipinski definition) is 3. The number of aryl methyl sites for hydroxylation is 1. The van der Waals surface area contributed by atoms with Crippen LogP contribution in [-0.4, -0.2) is 17.0 Å². The second kappa shape index (κ2) is 5.85. The molecule has 2 rings (SSSR count). The average molecular weight is 305 g/mol. The SMILES string of the molecule is Cc1cc(NC(=O)c2ccc(N)c(Cl)c2)ccc1C(=O)O. The van der Waals surface area contributed by atoms with Crippen molar-refractivity contribution in [3.8, 4) is 0 Å². The minimum atomic E-state index is -1.00. The molecular weight excluding hydrogens is 292 g/mol. The molecule has 2 aromatic carbocycles. The minimum Gasteiger partial charge on any atom is -0.478 e. The van der Waals surface area contributed by atoms with Crippen molar-refractivity contribution in [1.29, 1.82) is 0 Å². The fraction of sp³-hybridized carbons (Fsp3) is 0.0667. The van der Waals surface area contributed by atoms with Crippen molar-refractivity contribution >= 4 is 34.9 Å². The van der Waals surface area contributed by atoms with Crippen LogP contribution in [0.5, 0.6) is 0 Å². The van der Waals surface area contributed by atoms with Gasteiger partial charge in [-0.15, -0.1) is 0 Å². The Labute approximate surface area is 126 Å². The highest BCUT2D eigenvalue weighted by Crippen LogP contribution is 2.21. The molecule has 0 aromatic heterocycles. The number of halogens is 1. The Balaban J connectivity index is 2.21. The second-order valence-electron chi connectivity index (χ2n) is 4.53. The number of carboxylic acids is 1. The summed E-state index contributed by atoms with van der Waals surface area (Å²) >= 11 is 5.87. The minimum absolute atomic E-state index is 0.198. The van der Waals surface area contributed by atoms with Gasteiger partial charge in [-0.2, -0.15) is 0 Å². The lowest BCUT2D eigenvalue weighted by molar-refractivity contribution is 0.0696. The zero-order valence-corrected chi connectivity index (χ0v) is 11.9. The second-order valence-corrected chi connectivity index (χ2v) is 4.93. The first kappa shape index (κ1) is 14.9. The quantitative estimate of drug-likeness (QED) is 0.759. The molecule has 6 heteroatoms. The molecule has 0 unspecified atom stereocenters. The normalized spacial score (nSPS) is 10.2. The van der Waals surface area contributed by atoms with E-state index in [1.807, 2.05) is 0 Å². The highest BCUT2D eigenvalue weighted by Gasteiger charge is 2.11. The molecule has 0 aliphatic rings. The number of benzene rings is 2. The van der Waals surface area contributed by atoms with Crippen LogP contribution >= 0.6 is 11.6 Å². The predicted molar refractivity (Wildman–Crippen MR) is 82.0 cm³/mol. The van der Waals surface area contributed by atoms with Gasteiger partial charge in [0.2, 0.25) is 0 Å². The Bertz CT molecular complexity index is 729. The largest absolute Gasteiger partial charge is 0.478 e. The van der Waals surface area contributed by atoms with E-state index in [1.54, 1.807) is 25.1 Å². The highest BCUT2D eigenvalue weighted by atomic mass is 35.5. The van der Waals surface area contributed by atoms with Gasteiger partial charge in [0.15, 0.2) is 0 Å². The number of carbonyl (C=O) groups excluding carboxylic acids is 1. The molecule has 4 N–H and O–H groups in total. The van der Waals surface area contributed by atoms with Gasteiger partial charge in [0.05, 0.1) is 16.3 Å². The summed E-state index contributed by atoms with van der Waals surface area (Å²) in [5, 5.41) is 11.9. The Morgan fingerprint density at radius 2 is 1.90 bits per heavy atom. The van der Waals surface area contributed by atoms with Gasteiger partial charge in [-0.25, -0.2) is 4.79 Å². The number of nitrogen functional groups attached to an aromatic ring is 1. The molecule has 0 saturated heterocycles. The molecule has 0 bridgehead atoms. The van der Waals surface area contributed by atoms with E-state index >= 15 is 0 Å². The molecule has 0 saturated carbocycles. The van der Waals surface area contributed by atoms with Crippen LogP contribution in [0.15, 0.2) is 36.4 Å². The van der Waals surface area contributed by atoms with Gasteiger partial charge in [0, 0.05) is 11.3 Å². The number of hydrogen-bond donors (Lipinski definition) is 3. The topological polar surface area (TPSA) is 92.4 Å². The summed E-state index contributed by atoms with van der Waals surface area (Å²) in [6, 6.07) is 9.17. The van der Waals surface area contributed by atoms with Crippen LogP contribution in [-0.2, 0) is 0 Å². The number of anilines is 2. The molecule has 5 nitrogen and oxygen atoms in total. The lowest BCUT2D eigenvalue weighted by Crippen LogP contribution is -2.12. The molecule has 0 atom stereocenters. The molecule has 21 heavy (non-hydrogen) atoms.